The van der Waals surface area contributed by atoms with E-state index in [-0.39, 0.29) is 18.3 Å². The lowest BCUT2D eigenvalue weighted by Crippen LogP contribution is -2.32. The van der Waals surface area contributed by atoms with E-state index in [1.807, 2.05) is 0 Å². The zero-order valence-electron chi connectivity index (χ0n) is 10.9. The largest absolute Gasteiger partial charge is 0.377 e. The fraction of sp³-hybridized carbons (Fsp3) is 1.00. The minimum absolute atomic E-state index is 0.164. The Labute approximate surface area is 112 Å². The first kappa shape index (κ1) is 12.5. The van der Waals surface area contributed by atoms with Crippen LogP contribution in [-0.2, 0) is 28.4 Å². The molecule has 0 radical (unpaired) electrons. The highest BCUT2D eigenvalue weighted by Crippen LogP contribution is 2.48. The average Bonchev–Trinajstić information content (AvgIpc) is 3.33. The molecule has 4 heterocycles. The number of epoxide rings is 2. The molecule has 6 heteroatoms. The fourth-order valence-electron chi connectivity index (χ4n) is 2.93. The predicted molar refractivity (Wildman–Crippen MR) is 63.1 cm³/mol. The fourth-order valence-corrected chi connectivity index (χ4v) is 2.93. The summed E-state index contributed by atoms with van der Waals surface area (Å²) >= 11 is 0. The van der Waals surface area contributed by atoms with Crippen molar-refractivity contribution in [1.82, 2.24) is 0 Å². The maximum atomic E-state index is 5.80. The zero-order valence-corrected chi connectivity index (χ0v) is 10.9. The van der Waals surface area contributed by atoms with E-state index in [0.29, 0.717) is 51.3 Å². The van der Waals surface area contributed by atoms with Crippen LogP contribution in [-0.4, -0.2) is 76.3 Å². The number of ether oxygens (including phenoxy) is 6. The van der Waals surface area contributed by atoms with Crippen molar-refractivity contribution >= 4 is 0 Å². The van der Waals surface area contributed by atoms with Crippen molar-refractivity contribution in [3.63, 3.8) is 0 Å². The molecule has 0 N–H and O–H groups in total. The van der Waals surface area contributed by atoms with Gasteiger partial charge in [0.1, 0.15) is 24.4 Å². The van der Waals surface area contributed by atoms with E-state index in [0.717, 1.165) is 13.0 Å². The molecule has 4 aliphatic rings. The Bertz CT molecular complexity index is 320. The van der Waals surface area contributed by atoms with Crippen LogP contribution in [0.25, 0.3) is 0 Å². The van der Waals surface area contributed by atoms with Gasteiger partial charge in [-0.1, -0.05) is 0 Å². The molecule has 0 saturated carbocycles. The van der Waals surface area contributed by atoms with Gasteiger partial charge in [-0.15, -0.1) is 0 Å². The summed E-state index contributed by atoms with van der Waals surface area (Å²) < 4.78 is 32.9. The van der Waals surface area contributed by atoms with Crippen LogP contribution >= 0.6 is 0 Å². The maximum absolute atomic E-state index is 5.80. The average molecular weight is 272 g/mol. The van der Waals surface area contributed by atoms with Gasteiger partial charge >= 0.3 is 0 Å². The molecule has 0 aliphatic carbocycles. The third-order valence-electron chi connectivity index (χ3n) is 4.05. The van der Waals surface area contributed by atoms with E-state index < -0.39 is 0 Å². The zero-order chi connectivity index (χ0) is 12.7. The highest BCUT2D eigenvalue weighted by atomic mass is 16.7. The van der Waals surface area contributed by atoms with Crippen LogP contribution in [0, 0.1) is 0 Å². The molecule has 19 heavy (non-hydrogen) atoms. The Hall–Kier alpha value is -0.240. The molecule has 2 bridgehead atoms. The Kier molecular flexibility index (Phi) is 3.47. The smallest absolute Gasteiger partial charge is 0.116 e. The Morgan fingerprint density at radius 2 is 1.74 bits per heavy atom. The molecule has 4 aliphatic heterocycles. The lowest BCUT2D eigenvalue weighted by molar-refractivity contribution is -0.0510. The van der Waals surface area contributed by atoms with Crippen LogP contribution in [0.2, 0.25) is 0 Å². The van der Waals surface area contributed by atoms with Crippen LogP contribution in [0.5, 0.6) is 0 Å². The van der Waals surface area contributed by atoms with Gasteiger partial charge in [-0.25, -0.2) is 0 Å². The summed E-state index contributed by atoms with van der Waals surface area (Å²) in [7, 11) is 0. The normalized spacial score (nSPS) is 45.5. The Balaban J connectivity index is 1.01. The molecule has 0 aromatic rings. The van der Waals surface area contributed by atoms with Gasteiger partial charge in [-0.05, 0) is 0 Å². The van der Waals surface area contributed by atoms with Gasteiger partial charge in [0.15, 0.2) is 0 Å². The summed E-state index contributed by atoms with van der Waals surface area (Å²) in [5, 5.41) is 0. The molecular formula is C13H20O6. The van der Waals surface area contributed by atoms with Crippen LogP contribution < -0.4 is 0 Å². The molecule has 4 saturated heterocycles. The predicted octanol–water partition coefficient (Wildman–Crippen LogP) is -0.258. The van der Waals surface area contributed by atoms with Gasteiger partial charge in [0, 0.05) is 6.42 Å². The first-order chi connectivity index (χ1) is 9.42. The molecule has 0 spiro atoms. The van der Waals surface area contributed by atoms with Crippen LogP contribution in [0.15, 0.2) is 0 Å². The van der Waals surface area contributed by atoms with E-state index in [1.165, 1.54) is 0 Å². The molecule has 6 atom stereocenters. The van der Waals surface area contributed by atoms with Crippen molar-refractivity contribution in [2.45, 2.75) is 43.0 Å². The van der Waals surface area contributed by atoms with Crippen molar-refractivity contribution in [2.24, 2.45) is 0 Å². The molecule has 4 rings (SSSR count). The minimum Gasteiger partial charge on any atom is -0.377 e. The summed E-state index contributed by atoms with van der Waals surface area (Å²) in [6.07, 6.45) is 2.61. The molecule has 0 aromatic carbocycles. The van der Waals surface area contributed by atoms with Gasteiger partial charge < -0.3 is 28.4 Å². The summed E-state index contributed by atoms with van der Waals surface area (Å²) in [6.45, 7) is 3.97. The van der Waals surface area contributed by atoms with Crippen LogP contribution in [0.4, 0.5) is 0 Å². The monoisotopic (exact) mass is 272 g/mol. The van der Waals surface area contributed by atoms with Crippen molar-refractivity contribution in [2.75, 3.05) is 39.6 Å². The van der Waals surface area contributed by atoms with E-state index >= 15 is 0 Å². The van der Waals surface area contributed by atoms with Gasteiger partial charge in [0.25, 0.3) is 0 Å². The van der Waals surface area contributed by atoms with Crippen molar-refractivity contribution in [1.29, 1.82) is 0 Å². The summed E-state index contributed by atoms with van der Waals surface area (Å²) in [5.41, 5.74) is 0. The molecule has 4 fully saturated rings. The maximum Gasteiger partial charge on any atom is 0.116 e. The van der Waals surface area contributed by atoms with E-state index in [4.69, 9.17) is 28.4 Å². The quantitative estimate of drug-likeness (QED) is 0.426. The van der Waals surface area contributed by atoms with Gasteiger partial charge in [-0.3, -0.25) is 0 Å². The Morgan fingerprint density at radius 1 is 0.895 bits per heavy atom. The first-order valence-corrected chi connectivity index (χ1v) is 7.11. The van der Waals surface area contributed by atoms with Crippen molar-refractivity contribution < 1.29 is 28.4 Å². The number of hydrogen-bond donors (Lipinski definition) is 0. The Morgan fingerprint density at radius 3 is 2.53 bits per heavy atom. The minimum atomic E-state index is 0.164. The third-order valence-corrected chi connectivity index (χ3v) is 4.05. The van der Waals surface area contributed by atoms with Crippen molar-refractivity contribution in [3.05, 3.63) is 0 Å². The van der Waals surface area contributed by atoms with E-state index in [1.54, 1.807) is 0 Å². The topological polar surface area (TPSA) is 62.0 Å². The molecule has 0 aromatic heterocycles. The molecule has 0 amide bonds. The number of fused-ring (bicyclic) bond motifs is 5. The van der Waals surface area contributed by atoms with Crippen molar-refractivity contribution in [3.8, 4) is 0 Å². The summed E-state index contributed by atoms with van der Waals surface area (Å²) in [6, 6.07) is 0. The number of rotatable bonds is 9. The lowest BCUT2D eigenvalue weighted by Gasteiger charge is -2.17. The second-order valence-corrected chi connectivity index (χ2v) is 5.49. The van der Waals surface area contributed by atoms with Gasteiger partial charge in [-0.2, -0.15) is 0 Å². The molecular weight excluding hydrogens is 252 g/mol. The van der Waals surface area contributed by atoms with E-state index in [2.05, 4.69) is 0 Å². The van der Waals surface area contributed by atoms with Gasteiger partial charge in [0.05, 0.1) is 51.8 Å². The third kappa shape index (κ3) is 2.79. The lowest BCUT2D eigenvalue weighted by atomic mass is 9.98. The van der Waals surface area contributed by atoms with E-state index in [9.17, 15) is 0 Å². The standard InChI is InChI=1S/C13H20O6/c1(2-15-6-8-7-17-8)14-3-4-16-9-5-10-12-13(19-12)11(9)18-10/h8-13H,1-7H2. The van der Waals surface area contributed by atoms with Crippen LogP contribution in [0.3, 0.4) is 0 Å². The molecule has 6 unspecified atom stereocenters. The highest BCUT2D eigenvalue weighted by molar-refractivity contribution is 5.12. The first-order valence-electron chi connectivity index (χ1n) is 7.11. The summed E-state index contributed by atoms with van der Waals surface area (Å²) in [5.74, 6) is 0. The second kappa shape index (κ2) is 5.27. The number of hydrogen-bond acceptors (Lipinski definition) is 6. The SMILES string of the molecule is C(COCC1CO1)OCCOC1CC2OC1C1OC21. The summed E-state index contributed by atoms with van der Waals surface area (Å²) in [4.78, 5) is 0. The second-order valence-electron chi connectivity index (χ2n) is 5.49. The molecule has 6 nitrogen and oxygen atoms in total. The molecule has 108 valence electrons. The highest BCUT2D eigenvalue weighted by Gasteiger charge is 2.65. The van der Waals surface area contributed by atoms with Crippen LogP contribution in [0.1, 0.15) is 6.42 Å². The van der Waals surface area contributed by atoms with Gasteiger partial charge in [0.2, 0.25) is 0 Å².